The number of rotatable bonds is 3. The summed E-state index contributed by atoms with van der Waals surface area (Å²) in [5, 5.41) is 11.9. The summed E-state index contributed by atoms with van der Waals surface area (Å²) in [6.45, 7) is 2.65. The minimum atomic E-state index is 0.369. The van der Waals surface area contributed by atoms with E-state index in [1.54, 1.807) is 0 Å². The smallest absolute Gasteiger partial charge is 0.0582 e. The van der Waals surface area contributed by atoms with Gasteiger partial charge in [0.15, 0.2) is 0 Å². The Hall–Kier alpha value is -0.610. The Bertz CT molecular complexity index is 226. The van der Waals surface area contributed by atoms with Crippen molar-refractivity contribution in [1.29, 1.82) is 0 Å². The van der Waals surface area contributed by atoms with Gasteiger partial charge in [0.25, 0.3) is 0 Å². The van der Waals surface area contributed by atoms with Crippen molar-refractivity contribution in [2.24, 2.45) is 11.1 Å². The van der Waals surface area contributed by atoms with Crippen LogP contribution in [-0.4, -0.2) is 36.8 Å². The van der Waals surface area contributed by atoms with Crippen LogP contribution in [0.4, 0.5) is 0 Å². The highest BCUT2D eigenvalue weighted by atomic mass is 16.5. The third-order valence-electron chi connectivity index (χ3n) is 3.56. The van der Waals surface area contributed by atoms with Crippen molar-refractivity contribution in [1.82, 2.24) is 0 Å². The molecule has 1 saturated heterocycles. The van der Waals surface area contributed by atoms with Crippen LogP contribution in [0.3, 0.4) is 0 Å². The molecule has 0 atom stereocenters. The van der Waals surface area contributed by atoms with Gasteiger partial charge in [0.2, 0.25) is 0 Å². The Kier molecular flexibility index (Phi) is 4.60. The van der Waals surface area contributed by atoms with Gasteiger partial charge in [0.05, 0.1) is 11.8 Å². The summed E-state index contributed by atoms with van der Waals surface area (Å²) in [4.78, 5) is 0. The molecule has 0 unspecified atom stereocenters. The van der Waals surface area contributed by atoms with Crippen LogP contribution in [0.15, 0.2) is 5.16 Å². The van der Waals surface area contributed by atoms with Gasteiger partial charge < -0.3 is 14.7 Å². The summed E-state index contributed by atoms with van der Waals surface area (Å²) in [6.07, 6.45) is 6.41. The number of hydrogen-bond acceptors (Lipinski definition) is 4. The lowest BCUT2D eigenvalue weighted by atomic mass is 9.95. The zero-order chi connectivity index (χ0) is 11.2. The Morgan fingerprint density at radius 1 is 1.19 bits per heavy atom. The highest BCUT2D eigenvalue weighted by Gasteiger charge is 2.21. The maximum absolute atomic E-state index is 8.64. The lowest BCUT2D eigenvalue weighted by Gasteiger charge is -2.27. The third-order valence-corrected chi connectivity index (χ3v) is 3.56. The van der Waals surface area contributed by atoms with E-state index in [2.05, 4.69) is 5.16 Å². The van der Waals surface area contributed by atoms with Gasteiger partial charge in [-0.2, -0.15) is 0 Å². The van der Waals surface area contributed by atoms with Crippen LogP contribution < -0.4 is 0 Å². The maximum atomic E-state index is 8.64. The molecule has 2 aliphatic rings. The Balaban J connectivity index is 1.63. The van der Waals surface area contributed by atoms with E-state index in [-0.39, 0.29) is 0 Å². The van der Waals surface area contributed by atoms with Gasteiger partial charge in [-0.05, 0) is 44.4 Å². The molecule has 1 aliphatic carbocycles. The van der Waals surface area contributed by atoms with Crippen LogP contribution in [0.2, 0.25) is 0 Å². The second-order valence-corrected chi connectivity index (χ2v) is 4.75. The summed E-state index contributed by atoms with van der Waals surface area (Å²) in [5.74, 6) is 0.682. The molecule has 0 aromatic heterocycles. The predicted octanol–water partition coefficient (Wildman–Crippen LogP) is 2.20. The molecule has 0 spiro atoms. The standard InChI is InChI=1S/C12H21NO3/c14-13-11-1-3-12(4-2-11)16-9-10-5-7-15-8-6-10/h10,12,14H,1-9H2. The Morgan fingerprint density at radius 3 is 2.50 bits per heavy atom. The highest BCUT2D eigenvalue weighted by molar-refractivity contribution is 5.84. The van der Waals surface area contributed by atoms with E-state index in [0.717, 1.165) is 64.1 Å². The molecule has 0 radical (unpaired) electrons. The summed E-state index contributed by atoms with van der Waals surface area (Å²) in [6, 6.07) is 0. The van der Waals surface area contributed by atoms with Crippen LogP contribution >= 0.6 is 0 Å². The van der Waals surface area contributed by atoms with Gasteiger partial charge in [-0.3, -0.25) is 0 Å². The fourth-order valence-corrected chi connectivity index (χ4v) is 2.38. The van der Waals surface area contributed by atoms with E-state index in [4.69, 9.17) is 14.7 Å². The van der Waals surface area contributed by atoms with Gasteiger partial charge >= 0.3 is 0 Å². The van der Waals surface area contributed by atoms with Crippen molar-refractivity contribution >= 4 is 5.71 Å². The van der Waals surface area contributed by atoms with E-state index in [0.29, 0.717) is 12.0 Å². The van der Waals surface area contributed by atoms with E-state index >= 15 is 0 Å². The summed E-state index contributed by atoms with van der Waals surface area (Å²) >= 11 is 0. The van der Waals surface area contributed by atoms with Crippen molar-refractivity contribution < 1.29 is 14.7 Å². The van der Waals surface area contributed by atoms with Crippen molar-refractivity contribution in [3.8, 4) is 0 Å². The van der Waals surface area contributed by atoms with E-state index in [1.807, 2.05) is 0 Å². The Morgan fingerprint density at radius 2 is 1.88 bits per heavy atom. The maximum Gasteiger partial charge on any atom is 0.0582 e. The highest BCUT2D eigenvalue weighted by Crippen LogP contribution is 2.22. The quantitative estimate of drug-likeness (QED) is 0.594. The average molecular weight is 227 g/mol. The summed E-state index contributed by atoms with van der Waals surface area (Å²) < 4.78 is 11.2. The topological polar surface area (TPSA) is 51.1 Å². The molecule has 2 rings (SSSR count). The van der Waals surface area contributed by atoms with Crippen LogP contribution in [0.1, 0.15) is 38.5 Å². The molecule has 2 fully saturated rings. The SMILES string of the molecule is ON=C1CCC(OCC2CCOCC2)CC1. The molecule has 4 nitrogen and oxygen atoms in total. The fourth-order valence-electron chi connectivity index (χ4n) is 2.38. The number of nitrogens with zero attached hydrogens (tertiary/aromatic N) is 1. The fraction of sp³-hybridized carbons (Fsp3) is 0.917. The van der Waals surface area contributed by atoms with Gasteiger partial charge in [-0.25, -0.2) is 0 Å². The number of hydrogen-bond donors (Lipinski definition) is 1. The van der Waals surface area contributed by atoms with Crippen LogP contribution in [0.25, 0.3) is 0 Å². The van der Waals surface area contributed by atoms with Crippen LogP contribution in [-0.2, 0) is 9.47 Å². The molecule has 1 aliphatic heterocycles. The lowest BCUT2D eigenvalue weighted by Crippen LogP contribution is -2.26. The molecule has 0 aromatic carbocycles. The van der Waals surface area contributed by atoms with Crippen molar-refractivity contribution in [3.63, 3.8) is 0 Å². The molecular weight excluding hydrogens is 206 g/mol. The average Bonchev–Trinajstić information content (AvgIpc) is 2.38. The molecule has 0 aromatic rings. The van der Waals surface area contributed by atoms with E-state index in [1.165, 1.54) is 0 Å². The first kappa shape index (κ1) is 11.9. The molecule has 92 valence electrons. The third kappa shape index (κ3) is 3.46. The molecule has 1 heterocycles. The first-order valence-corrected chi connectivity index (χ1v) is 6.27. The number of ether oxygens (including phenoxy) is 2. The van der Waals surface area contributed by atoms with E-state index in [9.17, 15) is 0 Å². The van der Waals surface area contributed by atoms with Gasteiger partial charge in [-0.1, -0.05) is 5.16 Å². The van der Waals surface area contributed by atoms with Crippen molar-refractivity contribution in [2.45, 2.75) is 44.6 Å². The molecule has 16 heavy (non-hydrogen) atoms. The lowest BCUT2D eigenvalue weighted by molar-refractivity contribution is -0.0171. The summed E-state index contributed by atoms with van der Waals surface area (Å²) in [7, 11) is 0. The first-order chi connectivity index (χ1) is 7.88. The van der Waals surface area contributed by atoms with Crippen LogP contribution in [0.5, 0.6) is 0 Å². The normalized spacial score (nSPS) is 28.0. The predicted molar refractivity (Wildman–Crippen MR) is 61.0 cm³/mol. The minimum absolute atomic E-state index is 0.369. The Labute approximate surface area is 96.6 Å². The monoisotopic (exact) mass is 227 g/mol. The molecule has 4 heteroatoms. The molecule has 1 saturated carbocycles. The minimum Gasteiger partial charge on any atom is -0.411 e. The zero-order valence-corrected chi connectivity index (χ0v) is 9.73. The molecule has 0 amide bonds. The molecule has 0 bridgehead atoms. The van der Waals surface area contributed by atoms with Gasteiger partial charge in [-0.15, -0.1) is 0 Å². The second kappa shape index (κ2) is 6.21. The zero-order valence-electron chi connectivity index (χ0n) is 9.73. The molecular formula is C12H21NO3. The van der Waals surface area contributed by atoms with Gasteiger partial charge in [0, 0.05) is 19.8 Å². The summed E-state index contributed by atoms with van der Waals surface area (Å²) in [5.41, 5.74) is 0.922. The van der Waals surface area contributed by atoms with Gasteiger partial charge in [0.1, 0.15) is 0 Å². The first-order valence-electron chi connectivity index (χ1n) is 6.27. The largest absolute Gasteiger partial charge is 0.411 e. The number of oxime groups is 1. The molecule has 1 N–H and O–H groups in total. The van der Waals surface area contributed by atoms with Crippen LogP contribution in [0, 0.1) is 5.92 Å². The van der Waals surface area contributed by atoms with E-state index < -0.39 is 0 Å². The van der Waals surface area contributed by atoms with Crippen molar-refractivity contribution in [3.05, 3.63) is 0 Å². The second-order valence-electron chi connectivity index (χ2n) is 4.75. The van der Waals surface area contributed by atoms with Crippen molar-refractivity contribution in [2.75, 3.05) is 19.8 Å².